The Morgan fingerprint density at radius 3 is 2.43 bits per heavy atom. The standard InChI is InChI=1S/C20H19F3N4O2S/c1-12(2)27-19-7-13(23)3-5-16(19)17(10-24)20(27)18-6-4-15(11-25-18)30(28,29)26-14(8-21)9-22/h3-7,11-12,14,26H,8-9H2,1-2H3. The Bertz CT molecular complexity index is 1210. The molecule has 158 valence electrons. The van der Waals surface area contributed by atoms with E-state index in [1.807, 2.05) is 18.6 Å². The fourth-order valence-corrected chi connectivity index (χ4v) is 4.40. The van der Waals surface area contributed by atoms with Gasteiger partial charge in [0.05, 0.1) is 28.5 Å². The first kappa shape index (κ1) is 21.8. The minimum atomic E-state index is -4.17. The molecule has 0 amide bonds. The molecule has 30 heavy (non-hydrogen) atoms. The van der Waals surface area contributed by atoms with Crippen LogP contribution in [0, 0.1) is 17.1 Å². The number of hydrogen-bond donors (Lipinski definition) is 1. The van der Waals surface area contributed by atoms with Crippen molar-refractivity contribution in [2.45, 2.75) is 30.8 Å². The summed E-state index contributed by atoms with van der Waals surface area (Å²) in [5.41, 5.74) is 1.54. The number of hydrogen-bond acceptors (Lipinski definition) is 4. The van der Waals surface area contributed by atoms with E-state index in [0.29, 0.717) is 22.3 Å². The van der Waals surface area contributed by atoms with Crippen molar-refractivity contribution >= 4 is 20.9 Å². The lowest BCUT2D eigenvalue weighted by Crippen LogP contribution is -2.37. The molecule has 0 fully saturated rings. The molecule has 2 heterocycles. The summed E-state index contributed by atoms with van der Waals surface area (Å²) in [7, 11) is -4.17. The number of rotatable bonds is 7. The van der Waals surface area contributed by atoms with E-state index in [4.69, 9.17) is 0 Å². The fourth-order valence-electron chi connectivity index (χ4n) is 3.26. The molecule has 0 aliphatic heterocycles. The lowest BCUT2D eigenvalue weighted by Gasteiger charge is -2.15. The Balaban J connectivity index is 2.13. The monoisotopic (exact) mass is 436 g/mol. The smallest absolute Gasteiger partial charge is 0.242 e. The summed E-state index contributed by atoms with van der Waals surface area (Å²) in [6.07, 6.45) is 1.05. The third-order valence-corrected chi connectivity index (χ3v) is 6.08. The second-order valence-corrected chi connectivity index (χ2v) is 8.68. The molecule has 0 unspecified atom stereocenters. The highest BCUT2D eigenvalue weighted by Gasteiger charge is 2.24. The normalized spacial score (nSPS) is 12.1. The third kappa shape index (κ3) is 3.91. The molecular formula is C20H19F3N4O2S. The predicted molar refractivity (Wildman–Crippen MR) is 106 cm³/mol. The number of pyridine rings is 1. The fraction of sp³-hybridized carbons (Fsp3) is 0.300. The van der Waals surface area contributed by atoms with Crippen LogP contribution in [0.4, 0.5) is 13.2 Å². The zero-order valence-corrected chi connectivity index (χ0v) is 17.0. The molecular weight excluding hydrogens is 417 g/mol. The van der Waals surface area contributed by atoms with Crippen LogP contribution in [-0.2, 0) is 10.0 Å². The van der Waals surface area contributed by atoms with Gasteiger partial charge in [0.2, 0.25) is 10.0 Å². The summed E-state index contributed by atoms with van der Waals surface area (Å²) in [4.78, 5) is 3.90. The number of halogens is 3. The lowest BCUT2D eigenvalue weighted by molar-refractivity contribution is 0.334. The minimum Gasteiger partial charge on any atom is -0.335 e. The number of nitrogens with zero attached hydrogens (tertiary/aromatic N) is 3. The number of benzene rings is 1. The average Bonchev–Trinajstić information content (AvgIpc) is 3.05. The number of fused-ring (bicyclic) bond motifs is 1. The highest BCUT2D eigenvalue weighted by Crippen LogP contribution is 2.35. The van der Waals surface area contributed by atoms with Gasteiger partial charge in [-0.15, -0.1) is 0 Å². The van der Waals surface area contributed by atoms with E-state index in [1.54, 1.807) is 4.57 Å². The number of nitriles is 1. The van der Waals surface area contributed by atoms with Crippen LogP contribution in [0.1, 0.15) is 25.5 Å². The largest absolute Gasteiger partial charge is 0.335 e. The van der Waals surface area contributed by atoms with Gasteiger partial charge in [-0.3, -0.25) is 4.98 Å². The first-order chi connectivity index (χ1) is 14.2. The van der Waals surface area contributed by atoms with Crippen molar-refractivity contribution in [1.82, 2.24) is 14.3 Å². The minimum absolute atomic E-state index is 0.145. The van der Waals surface area contributed by atoms with Crippen molar-refractivity contribution in [2.75, 3.05) is 13.3 Å². The van der Waals surface area contributed by atoms with Crippen molar-refractivity contribution in [3.8, 4) is 17.5 Å². The molecule has 0 aliphatic carbocycles. The van der Waals surface area contributed by atoms with Gasteiger partial charge in [0.25, 0.3) is 0 Å². The van der Waals surface area contributed by atoms with Crippen molar-refractivity contribution in [3.05, 3.63) is 47.9 Å². The first-order valence-corrected chi connectivity index (χ1v) is 10.6. The van der Waals surface area contributed by atoms with Crippen LogP contribution in [0.2, 0.25) is 0 Å². The Kier molecular flexibility index (Phi) is 6.14. The van der Waals surface area contributed by atoms with E-state index in [1.165, 1.54) is 30.3 Å². The van der Waals surface area contributed by atoms with Crippen LogP contribution in [0.3, 0.4) is 0 Å². The van der Waals surface area contributed by atoms with Crippen LogP contribution in [-0.4, -0.2) is 37.4 Å². The summed E-state index contributed by atoms with van der Waals surface area (Å²) < 4.78 is 67.5. The van der Waals surface area contributed by atoms with Crippen molar-refractivity contribution in [2.24, 2.45) is 0 Å². The summed E-state index contributed by atoms with van der Waals surface area (Å²) >= 11 is 0. The molecule has 0 saturated carbocycles. The molecule has 10 heteroatoms. The van der Waals surface area contributed by atoms with Gasteiger partial charge in [-0.2, -0.15) is 5.26 Å². The van der Waals surface area contributed by atoms with Gasteiger partial charge in [0.15, 0.2) is 0 Å². The molecule has 0 saturated heterocycles. The van der Waals surface area contributed by atoms with Crippen molar-refractivity contribution in [1.29, 1.82) is 5.26 Å². The van der Waals surface area contributed by atoms with E-state index in [0.717, 1.165) is 6.20 Å². The van der Waals surface area contributed by atoms with Crippen LogP contribution in [0.15, 0.2) is 41.4 Å². The zero-order chi connectivity index (χ0) is 22.1. The van der Waals surface area contributed by atoms with Crippen molar-refractivity contribution in [3.63, 3.8) is 0 Å². The molecule has 1 aromatic carbocycles. The van der Waals surface area contributed by atoms with E-state index in [-0.39, 0.29) is 16.5 Å². The highest BCUT2D eigenvalue weighted by molar-refractivity contribution is 7.89. The van der Waals surface area contributed by atoms with Gasteiger partial charge < -0.3 is 4.57 Å². The topological polar surface area (TPSA) is 87.8 Å². The zero-order valence-electron chi connectivity index (χ0n) is 16.2. The van der Waals surface area contributed by atoms with Crippen LogP contribution in [0.5, 0.6) is 0 Å². The molecule has 0 atom stereocenters. The number of aromatic nitrogens is 2. The quantitative estimate of drug-likeness (QED) is 0.609. The average molecular weight is 436 g/mol. The molecule has 0 bridgehead atoms. The summed E-state index contributed by atoms with van der Waals surface area (Å²) in [6, 6.07) is 7.25. The van der Waals surface area contributed by atoms with Gasteiger partial charge in [-0.05, 0) is 44.2 Å². The summed E-state index contributed by atoms with van der Waals surface area (Å²) in [5, 5.41) is 10.3. The van der Waals surface area contributed by atoms with Crippen molar-refractivity contribution < 1.29 is 21.6 Å². The molecule has 2 aromatic heterocycles. The van der Waals surface area contributed by atoms with E-state index >= 15 is 0 Å². The van der Waals surface area contributed by atoms with E-state index < -0.39 is 35.2 Å². The Morgan fingerprint density at radius 1 is 1.20 bits per heavy atom. The highest BCUT2D eigenvalue weighted by atomic mass is 32.2. The van der Waals surface area contributed by atoms with Gasteiger partial charge in [-0.25, -0.2) is 26.3 Å². The summed E-state index contributed by atoms with van der Waals surface area (Å²) in [6.45, 7) is 1.37. The molecule has 3 rings (SSSR count). The lowest BCUT2D eigenvalue weighted by atomic mass is 10.1. The molecule has 3 aromatic rings. The van der Waals surface area contributed by atoms with Gasteiger partial charge in [0, 0.05) is 17.6 Å². The SMILES string of the molecule is CC(C)n1c(-c2ccc(S(=O)(=O)NC(CF)CF)cn2)c(C#N)c2ccc(F)cc21. The Labute approximate surface area is 172 Å². The molecule has 0 radical (unpaired) electrons. The maximum absolute atomic E-state index is 13.8. The van der Waals surface area contributed by atoms with E-state index in [2.05, 4.69) is 11.1 Å². The molecule has 1 N–H and O–H groups in total. The Hall–Kier alpha value is -2.90. The van der Waals surface area contributed by atoms with Crippen LogP contribution < -0.4 is 4.72 Å². The summed E-state index contributed by atoms with van der Waals surface area (Å²) in [5.74, 6) is -0.450. The number of alkyl halides is 2. The molecule has 0 aliphatic rings. The van der Waals surface area contributed by atoms with Crippen LogP contribution >= 0.6 is 0 Å². The first-order valence-electron chi connectivity index (χ1n) is 9.07. The van der Waals surface area contributed by atoms with Crippen LogP contribution in [0.25, 0.3) is 22.3 Å². The maximum atomic E-state index is 13.8. The van der Waals surface area contributed by atoms with E-state index in [9.17, 15) is 26.9 Å². The Morgan fingerprint density at radius 2 is 1.90 bits per heavy atom. The third-order valence-electron chi connectivity index (χ3n) is 4.58. The number of nitrogens with one attached hydrogen (secondary N) is 1. The van der Waals surface area contributed by atoms with Gasteiger partial charge in [-0.1, -0.05) is 0 Å². The second kappa shape index (κ2) is 8.45. The predicted octanol–water partition coefficient (Wildman–Crippen LogP) is 3.88. The molecule has 6 nitrogen and oxygen atoms in total. The molecule has 0 spiro atoms. The van der Waals surface area contributed by atoms with Gasteiger partial charge >= 0.3 is 0 Å². The second-order valence-electron chi connectivity index (χ2n) is 6.97. The maximum Gasteiger partial charge on any atom is 0.242 e. The number of sulfonamides is 1. The van der Waals surface area contributed by atoms with Gasteiger partial charge in [0.1, 0.15) is 30.1 Å².